The normalized spacial score (nSPS) is 25.2. The van der Waals surface area contributed by atoms with E-state index < -0.39 is 0 Å². The first-order valence-corrected chi connectivity index (χ1v) is 11.1. The number of hydrogen-bond donors (Lipinski definition) is 0. The van der Waals surface area contributed by atoms with E-state index in [1.807, 2.05) is 35.2 Å². The minimum absolute atomic E-state index is 0.120. The molecule has 5 rings (SSSR count). The van der Waals surface area contributed by atoms with Crippen LogP contribution in [-0.4, -0.2) is 48.2 Å². The summed E-state index contributed by atoms with van der Waals surface area (Å²) in [5, 5.41) is 0. The van der Waals surface area contributed by atoms with E-state index in [2.05, 4.69) is 22.5 Å². The van der Waals surface area contributed by atoms with Crippen molar-refractivity contribution >= 4 is 11.6 Å². The third-order valence-electron chi connectivity index (χ3n) is 6.85. The lowest BCUT2D eigenvalue weighted by Crippen LogP contribution is -2.52. The number of pyridine rings is 1. The fourth-order valence-corrected chi connectivity index (χ4v) is 5.64. The number of amides is 1. The number of rotatable bonds is 4. The summed E-state index contributed by atoms with van der Waals surface area (Å²) < 4.78 is 7.76. The van der Waals surface area contributed by atoms with Crippen LogP contribution in [0.4, 0.5) is 5.69 Å². The third kappa shape index (κ3) is 3.33. The predicted octanol–water partition coefficient (Wildman–Crippen LogP) is 3.03. The smallest absolute Gasteiger partial charge is 0.250 e. The number of benzene rings is 1. The summed E-state index contributed by atoms with van der Waals surface area (Å²) in [7, 11) is 0. The van der Waals surface area contributed by atoms with Gasteiger partial charge < -0.3 is 14.2 Å². The second-order valence-corrected chi connectivity index (χ2v) is 8.76. The van der Waals surface area contributed by atoms with Crippen LogP contribution >= 0.6 is 0 Å². The van der Waals surface area contributed by atoms with Gasteiger partial charge in [-0.3, -0.25) is 14.5 Å². The van der Waals surface area contributed by atoms with Gasteiger partial charge in [-0.15, -0.1) is 0 Å². The highest BCUT2D eigenvalue weighted by molar-refractivity contribution is 5.96. The SMILES string of the molecule is CCC[C@H]1[C@H]2C[C@H](CN(CC(=O)N3CCOc4ccccc43)C2)c2cccc(=O)n21. The van der Waals surface area contributed by atoms with Gasteiger partial charge in [-0.1, -0.05) is 31.5 Å². The van der Waals surface area contributed by atoms with Crippen LogP contribution in [0.1, 0.15) is 43.8 Å². The number of piperidine rings is 1. The van der Waals surface area contributed by atoms with Gasteiger partial charge in [0.15, 0.2) is 0 Å². The molecule has 0 unspecified atom stereocenters. The molecule has 6 heteroatoms. The first-order chi connectivity index (χ1) is 14.7. The lowest BCUT2D eigenvalue weighted by atomic mass is 9.77. The zero-order valence-corrected chi connectivity index (χ0v) is 17.5. The first kappa shape index (κ1) is 19.4. The Labute approximate surface area is 177 Å². The van der Waals surface area contributed by atoms with E-state index in [9.17, 15) is 9.59 Å². The molecule has 3 aliphatic rings. The second kappa shape index (κ2) is 7.91. The average molecular weight is 408 g/mol. The topological polar surface area (TPSA) is 54.8 Å². The van der Waals surface area contributed by atoms with Crippen molar-refractivity contribution in [1.82, 2.24) is 9.47 Å². The van der Waals surface area contributed by atoms with Crippen LogP contribution in [0, 0.1) is 5.92 Å². The predicted molar refractivity (Wildman–Crippen MR) is 116 cm³/mol. The molecule has 4 heterocycles. The molecule has 1 saturated heterocycles. The van der Waals surface area contributed by atoms with Gasteiger partial charge >= 0.3 is 0 Å². The number of fused-ring (bicyclic) bond motifs is 5. The van der Waals surface area contributed by atoms with Gasteiger partial charge in [-0.25, -0.2) is 0 Å². The summed E-state index contributed by atoms with van der Waals surface area (Å²) in [6.07, 6.45) is 3.17. The molecule has 2 bridgehead atoms. The highest BCUT2D eigenvalue weighted by Gasteiger charge is 2.40. The zero-order chi connectivity index (χ0) is 20.7. The van der Waals surface area contributed by atoms with Crippen molar-refractivity contribution in [3.63, 3.8) is 0 Å². The van der Waals surface area contributed by atoms with Gasteiger partial charge in [-0.2, -0.15) is 0 Å². The monoisotopic (exact) mass is 407 g/mol. The summed E-state index contributed by atoms with van der Waals surface area (Å²) in [6.45, 7) is 5.42. The number of carbonyl (C=O) groups is 1. The van der Waals surface area contributed by atoms with E-state index >= 15 is 0 Å². The van der Waals surface area contributed by atoms with Crippen molar-refractivity contribution in [2.45, 2.75) is 38.1 Å². The third-order valence-corrected chi connectivity index (χ3v) is 6.85. The highest BCUT2D eigenvalue weighted by Crippen LogP contribution is 2.42. The van der Waals surface area contributed by atoms with E-state index in [1.165, 1.54) is 0 Å². The van der Waals surface area contributed by atoms with E-state index in [0.717, 1.165) is 49.5 Å². The van der Waals surface area contributed by atoms with E-state index in [1.54, 1.807) is 6.07 Å². The van der Waals surface area contributed by atoms with Crippen LogP contribution in [0.25, 0.3) is 0 Å². The van der Waals surface area contributed by atoms with Crippen LogP contribution in [0.5, 0.6) is 5.75 Å². The molecular formula is C24H29N3O3. The van der Waals surface area contributed by atoms with Gasteiger partial charge in [0.2, 0.25) is 5.91 Å². The Bertz CT molecular complexity index is 1000. The second-order valence-electron chi connectivity index (χ2n) is 8.76. The largest absolute Gasteiger partial charge is 0.490 e. The van der Waals surface area contributed by atoms with Crippen molar-refractivity contribution < 1.29 is 9.53 Å². The fourth-order valence-electron chi connectivity index (χ4n) is 5.64. The molecule has 1 fully saturated rings. The Balaban J connectivity index is 1.37. The summed E-state index contributed by atoms with van der Waals surface area (Å²) in [5.41, 5.74) is 2.13. The Morgan fingerprint density at radius 2 is 2.00 bits per heavy atom. The van der Waals surface area contributed by atoms with Crippen molar-refractivity contribution in [2.75, 3.05) is 37.7 Å². The molecule has 30 heavy (non-hydrogen) atoms. The molecule has 1 aromatic heterocycles. The lowest BCUT2D eigenvalue weighted by Gasteiger charge is -2.47. The number of ether oxygens (including phenoxy) is 1. The zero-order valence-electron chi connectivity index (χ0n) is 17.5. The molecule has 6 nitrogen and oxygen atoms in total. The van der Waals surface area contributed by atoms with Crippen molar-refractivity contribution in [1.29, 1.82) is 0 Å². The number of likely N-dealkylation sites (tertiary alicyclic amines) is 1. The Hall–Kier alpha value is -2.60. The highest BCUT2D eigenvalue weighted by atomic mass is 16.5. The summed E-state index contributed by atoms with van der Waals surface area (Å²) in [6, 6.07) is 13.7. The maximum atomic E-state index is 13.2. The Morgan fingerprint density at radius 1 is 1.13 bits per heavy atom. The molecular weight excluding hydrogens is 378 g/mol. The number of aromatic nitrogens is 1. The maximum Gasteiger partial charge on any atom is 0.250 e. The van der Waals surface area contributed by atoms with E-state index in [4.69, 9.17) is 4.74 Å². The fraction of sp³-hybridized carbons (Fsp3) is 0.500. The molecule has 0 aliphatic carbocycles. The molecule has 3 aliphatic heterocycles. The number of anilines is 1. The van der Waals surface area contributed by atoms with Gasteiger partial charge in [0, 0.05) is 36.8 Å². The summed E-state index contributed by atoms with van der Waals surface area (Å²) in [5.74, 6) is 1.64. The standard InChI is InChI=1S/C24H29N3O3/c1-2-6-19-17-13-18(20-8-5-10-23(28)27(19)20)15-25(14-17)16-24(29)26-11-12-30-22-9-4-3-7-21(22)26/h3-5,7-10,17-19H,2,6,11-16H2,1H3/t17-,18+,19-/m0/s1. The molecule has 1 amide bonds. The number of hydrogen-bond acceptors (Lipinski definition) is 4. The van der Waals surface area contributed by atoms with Gasteiger partial charge in [0.1, 0.15) is 12.4 Å². The lowest BCUT2D eigenvalue weighted by molar-refractivity contribution is -0.120. The molecule has 2 aromatic rings. The minimum atomic E-state index is 0.120. The number of carbonyl (C=O) groups excluding carboxylic acids is 1. The van der Waals surface area contributed by atoms with Crippen LogP contribution in [0.2, 0.25) is 0 Å². The number of nitrogens with zero attached hydrogens (tertiary/aromatic N) is 3. The number of para-hydroxylation sites is 2. The van der Waals surface area contributed by atoms with Crippen LogP contribution in [0.15, 0.2) is 47.3 Å². The molecule has 0 radical (unpaired) electrons. The summed E-state index contributed by atoms with van der Waals surface area (Å²) in [4.78, 5) is 30.0. The molecule has 0 spiro atoms. The molecule has 0 N–H and O–H groups in total. The van der Waals surface area contributed by atoms with Crippen LogP contribution in [0.3, 0.4) is 0 Å². The molecule has 3 atom stereocenters. The summed E-state index contributed by atoms with van der Waals surface area (Å²) >= 11 is 0. The first-order valence-electron chi connectivity index (χ1n) is 11.1. The molecule has 1 aromatic carbocycles. The minimum Gasteiger partial charge on any atom is -0.490 e. The quantitative estimate of drug-likeness (QED) is 0.782. The van der Waals surface area contributed by atoms with Gasteiger partial charge in [-0.05, 0) is 37.0 Å². The van der Waals surface area contributed by atoms with E-state index in [-0.39, 0.29) is 17.5 Å². The van der Waals surface area contributed by atoms with E-state index in [0.29, 0.717) is 31.5 Å². The van der Waals surface area contributed by atoms with Gasteiger partial charge in [0.05, 0.1) is 18.8 Å². The Morgan fingerprint density at radius 3 is 2.87 bits per heavy atom. The molecule has 0 saturated carbocycles. The van der Waals surface area contributed by atoms with Crippen molar-refractivity contribution in [3.8, 4) is 5.75 Å². The Kier molecular flexibility index (Phi) is 5.11. The van der Waals surface area contributed by atoms with Crippen molar-refractivity contribution in [3.05, 3.63) is 58.5 Å². The van der Waals surface area contributed by atoms with Crippen molar-refractivity contribution in [2.24, 2.45) is 5.92 Å². The maximum absolute atomic E-state index is 13.2. The van der Waals surface area contributed by atoms with Gasteiger partial charge in [0.25, 0.3) is 5.56 Å². The average Bonchev–Trinajstić information content (AvgIpc) is 2.76. The van der Waals surface area contributed by atoms with Crippen LogP contribution in [-0.2, 0) is 4.79 Å². The molecule has 158 valence electrons. The van der Waals surface area contributed by atoms with Crippen LogP contribution < -0.4 is 15.2 Å².